The average molecular weight is 243 g/mol. The van der Waals surface area contributed by atoms with E-state index in [0.29, 0.717) is 11.7 Å². The summed E-state index contributed by atoms with van der Waals surface area (Å²) in [6.45, 7) is 3.79. The van der Waals surface area contributed by atoms with Crippen LogP contribution in [0.1, 0.15) is 22.3 Å². The number of nitrogens with zero attached hydrogens (tertiary/aromatic N) is 1. The van der Waals surface area contributed by atoms with Gasteiger partial charge in [0.2, 0.25) is 5.91 Å². The molecular weight excluding hydrogens is 230 g/mol. The number of hydrogen-bond donors (Lipinski definition) is 2. The molecule has 6 nitrogen and oxygen atoms in total. The summed E-state index contributed by atoms with van der Waals surface area (Å²) in [5.41, 5.74) is 5.25. The second-order valence-corrected chi connectivity index (χ2v) is 4.17. The zero-order chi connectivity index (χ0) is 12.1. The standard InChI is InChI=1S/C9H13N3O3S/c1-3-15-8(14)7-5(2)16-9(12-7)11-4-6(10)13/h3-4H2,1-2H3,(H2,10,13)(H,11,12). The van der Waals surface area contributed by atoms with Gasteiger partial charge < -0.3 is 15.8 Å². The molecule has 0 atom stereocenters. The van der Waals surface area contributed by atoms with E-state index >= 15 is 0 Å². The third-order valence-corrected chi connectivity index (χ3v) is 2.61. The van der Waals surface area contributed by atoms with Crippen LogP contribution in [0.3, 0.4) is 0 Å². The molecule has 0 aliphatic heterocycles. The predicted octanol–water partition coefficient (Wildman–Crippen LogP) is 0.525. The number of nitrogens with one attached hydrogen (secondary N) is 1. The predicted molar refractivity (Wildman–Crippen MR) is 60.5 cm³/mol. The number of aryl methyl sites for hydroxylation is 1. The van der Waals surface area contributed by atoms with Crippen molar-refractivity contribution in [2.45, 2.75) is 13.8 Å². The van der Waals surface area contributed by atoms with E-state index in [-0.39, 0.29) is 12.2 Å². The molecule has 7 heteroatoms. The number of anilines is 1. The highest BCUT2D eigenvalue weighted by Gasteiger charge is 2.16. The zero-order valence-electron chi connectivity index (χ0n) is 9.07. The summed E-state index contributed by atoms with van der Waals surface area (Å²) in [5.74, 6) is -0.936. The lowest BCUT2D eigenvalue weighted by atomic mass is 10.4. The molecule has 0 bridgehead atoms. The minimum absolute atomic E-state index is 0.00474. The molecule has 0 unspecified atom stereocenters. The highest BCUT2D eigenvalue weighted by atomic mass is 32.1. The zero-order valence-corrected chi connectivity index (χ0v) is 9.89. The fraction of sp³-hybridized carbons (Fsp3) is 0.444. The maximum absolute atomic E-state index is 11.4. The summed E-state index contributed by atoms with van der Waals surface area (Å²) in [7, 11) is 0. The van der Waals surface area contributed by atoms with E-state index in [1.165, 1.54) is 11.3 Å². The van der Waals surface area contributed by atoms with Gasteiger partial charge in [0.25, 0.3) is 0 Å². The van der Waals surface area contributed by atoms with E-state index in [0.717, 1.165) is 4.88 Å². The normalized spacial score (nSPS) is 9.88. The molecule has 0 radical (unpaired) electrons. The number of primary amides is 1. The van der Waals surface area contributed by atoms with Gasteiger partial charge >= 0.3 is 5.97 Å². The number of thiazole rings is 1. The fourth-order valence-electron chi connectivity index (χ4n) is 1.02. The number of amides is 1. The van der Waals surface area contributed by atoms with Gasteiger partial charge in [-0.25, -0.2) is 9.78 Å². The lowest BCUT2D eigenvalue weighted by Gasteiger charge is -1.98. The molecule has 0 aliphatic rings. The number of carbonyl (C=O) groups is 2. The van der Waals surface area contributed by atoms with Crippen LogP contribution >= 0.6 is 11.3 Å². The number of ether oxygens (including phenoxy) is 1. The van der Waals surface area contributed by atoms with Crippen molar-refractivity contribution in [3.8, 4) is 0 Å². The minimum Gasteiger partial charge on any atom is -0.461 e. The molecular formula is C9H13N3O3S. The highest BCUT2D eigenvalue weighted by Crippen LogP contribution is 2.22. The molecule has 0 fully saturated rings. The van der Waals surface area contributed by atoms with Crippen LogP contribution < -0.4 is 11.1 Å². The number of aromatic nitrogens is 1. The van der Waals surface area contributed by atoms with Crippen LogP contribution in [0.5, 0.6) is 0 Å². The summed E-state index contributed by atoms with van der Waals surface area (Å²) in [5, 5.41) is 3.21. The van der Waals surface area contributed by atoms with Gasteiger partial charge in [0.15, 0.2) is 10.8 Å². The Balaban J connectivity index is 2.73. The maximum atomic E-state index is 11.4. The SMILES string of the molecule is CCOC(=O)c1nc(NCC(N)=O)sc1C. The lowest BCUT2D eigenvalue weighted by molar-refractivity contribution is -0.116. The van der Waals surface area contributed by atoms with Crippen LogP contribution in [0.2, 0.25) is 0 Å². The van der Waals surface area contributed by atoms with E-state index in [1.54, 1.807) is 13.8 Å². The van der Waals surface area contributed by atoms with E-state index in [2.05, 4.69) is 10.3 Å². The van der Waals surface area contributed by atoms with Crippen molar-refractivity contribution in [3.63, 3.8) is 0 Å². The van der Waals surface area contributed by atoms with Crippen molar-refractivity contribution >= 4 is 28.3 Å². The summed E-state index contributed by atoms with van der Waals surface area (Å²) in [6.07, 6.45) is 0. The third-order valence-electron chi connectivity index (χ3n) is 1.68. The molecule has 1 heterocycles. The smallest absolute Gasteiger partial charge is 0.358 e. The topological polar surface area (TPSA) is 94.3 Å². The van der Waals surface area contributed by atoms with E-state index in [4.69, 9.17) is 10.5 Å². The van der Waals surface area contributed by atoms with Crippen LogP contribution in [-0.4, -0.2) is 30.0 Å². The Morgan fingerprint density at radius 2 is 2.25 bits per heavy atom. The Kier molecular flexibility index (Phi) is 4.24. The van der Waals surface area contributed by atoms with E-state index in [9.17, 15) is 9.59 Å². The molecule has 1 aromatic heterocycles. The summed E-state index contributed by atoms with van der Waals surface area (Å²) >= 11 is 1.28. The Labute approximate surface area is 96.8 Å². The molecule has 16 heavy (non-hydrogen) atoms. The highest BCUT2D eigenvalue weighted by molar-refractivity contribution is 7.15. The first-order valence-corrected chi connectivity index (χ1v) is 5.53. The second kappa shape index (κ2) is 5.45. The molecule has 0 saturated carbocycles. The fourth-order valence-corrected chi connectivity index (χ4v) is 1.82. The number of rotatable bonds is 5. The number of nitrogens with two attached hydrogens (primary N) is 1. The summed E-state index contributed by atoms with van der Waals surface area (Å²) < 4.78 is 4.83. The van der Waals surface area contributed by atoms with Crippen LogP contribution in [0.15, 0.2) is 0 Å². The summed E-state index contributed by atoms with van der Waals surface area (Å²) in [6, 6.07) is 0. The van der Waals surface area contributed by atoms with Gasteiger partial charge in [-0.1, -0.05) is 0 Å². The monoisotopic (exact) mass is 243 g/mol. The number of carbonyl (C=O) groups excluding carboxylic acids is 2. The third kappa shape index (κ3) is 3.20. The summed E-state index contributed by atoms with van der Waals surface area (Å²) in [4.78, 5) is 26.7. The molecule has 0 aliphatic carbocycles. The molecule has 0 aromatic carbocycles. The van der Waals surface area contributed by atoms with Gasteiger partial charge in [0, 0.05) is 4.88 Å². The largest absolute Gasteiger partial charge is 0.461 e. The van der Waals surface area contributed by atoms with Crippen LogP contribution in [0, 0.1) is 6.92 Å². The van der Waals surface area contributed by atoms with E-state index < -0.39 is 11.9 Å². The van der Waals surface area contributed by atoms with Crippen molar-refractivity contribution in [2.24, 2.45) is 5.73 Å². The quantitative estimate of drug-likeness (QED) is 0.735. The van der Waals surface area contributed by atoms with Crippen molar-refractivity contribution in [1.82, 2.24) is 4.98 Å². The van der Waals surface area contributed by atoms with Crippen molar-refractivity contribution < 1.29 is 14.3 Å². The van der Waals surface area contributed by atoms with E-state index in [1.807, 2.05) is 0 Å². The molecule has 0 spiro atoms. The Morgan fingerprint density at radius 3 is 2.81 bits per heavy atom. The molecule has 3 N–H and O–H groups in total. The van der Waals surface area contributed by atoms with Crippen LogP contribution in [0.4, 0.5) is 5.13 Å². The van der Waals surface area contributed by atoms with Gasteiger partial charge in [-0.15, -0.1) is 11.3 Å². The Bertz CT molecular complexity index is 403. The van der Waals surface area contributed by atoms with Crippen molar-refractivity contribution in [2.75, 3.05) is 18.5 Å². The lowest BCUT2D eigenvalue weighted by Crippen LogP contribution is -2.21. The molecule has 1 aromatic rings. The second-order valence-electron chi connectivity index (χ2n) is 2.96. The van der Waals surface area contributed by atoms with Crippen molar-refractivity contribution in [3.05, 3.63) is 10.6 Å². The first-order valence-electron chi connectivity index (χ1n) is 4.71. The number of hydrogen-bond acceptors (Lipinski definition) is 6. The number of esters is 1. The Morgan fingerprint density at radius 1 is 1.56 bits per heavy atom. The van der Waals surface area contributed by atoms with Crippen LogP contribution in [0.25, 0.3) is 0 Å². The molecule has 0 saturated heterocycles. The average Bonchev–Trinajstić information content (AvgIpc) is 2.57. The first-order chi connectivity index (χ1) is 7.54. The van der Waals surface area contributed by atoms with Gasteiger partial charge in [0.1, 0.15) is 0 Å². The van der Waals surface area contributed by atoms with Gasteiger partial charge in [-0.2, -0.15) is 0 Å². The molecule has 88 valence electrons. The van der Waals surface area contributed by atoms with Gasteiger partial charge in [-0.3, -0.25) is 4.79 Å². The van der Waals surface area contributed by atoms with Gasteiger partial charge in [-0.05, 0) is 13.8 Å². The van der Waals surface area contributed by atoms with Gasteiger partial charge in [0.05, 0.1) is 13.2 Å². The van der Waals surface area contributed by atoms with Crippen LogP contribution in [-0.2, 0) is 9.53 Å². The minimum atomic E-state index is -0.481. The molecule has 1 amide bonds. The molecule has 1 rings (SSSR count). The Hall–Kier alpha value is -1.63. The first kappa shape index (κ1) is 12.4. The maximum Gasteiger partial charge on any atom is 0.358 e. The van der Waals surface area contributed by atoms with Crippen molar-refractivity contribution in [1.29, 1.82) is 0 Å².